The summed E-state index contributed by atoms with van der Waals surface area (Å²) in [7, 11) is 3.84. The number of ether oxygens (including phenoxy) is 1. The standard InChI is InChI=1S/C14H22N2O/c1-16(10-13(15)11-7-8-11)9-12-5-3-4-6-14(12)17-2/h3-6,11,13H,7-10,15H2,1-2H3. The molecule has 1 aliphatic rings. The molecule has 2 rings (SSSR count). The number of likely N-dealkylation sites (N-methyl/N-ethyl adjacent to an activating group) is 1. The quantitative estimate of drug-likeness (QED) is 0.816. The zero-order valence-corrected chi connectivity index (χ0v) is 10.7. The molecule has 3 nitrogen and oxygen atoms in total. The zero-order chi connectivity index (χ0) is 12.3. The van der Waals surface area contributed by atoms with Gasteiger partial charge in [0.15, 0.2) is 0 Å². The van der Waals surface area contributed by atoms with Crippen molar-refractivity contribution in [3.63, 3.8) is 0 Å². The molecule has 1 fully saturated rings. The summed E-state index contributed by atoms with van der Waals surface area (Å²) in [5.74, 6) is 1.72. The lowest BCUT2D eigenvalue weighted by Gasteiger charge is -2.22. The lowest BCUT2D eigenvalue weighted by molar-refractivity contribution is 0.286. The zero-order valence-electron chi connectivity index (χ0n) is 10.7. The van der Waals surface area contributed by atoms with Gasteiger partial charge in [-0.15, -0.1) is 0 Å². The summed E-state index contributed by atoms with van der Waals surface area (Å²) in [6.07, 6.45) is 2.62. The van der Waals surface area contributed by atoms with Crippen LogP contribution in [0.2, 0.25) is 0 Å². The van der Waals surface area contributed by atoms with Crippen molar-refractivity contribution in [3.8, 4) is 5.75 Å². The highest BCUT2D eigenvalue weighted by atomic mass is 16.5. The Bertz CT molecular complexity index is 363. The number of rotatable bonds is 6. The first-order valence-electron chi connectivity index (χ1n) is 6.26. The Morgan fingerprint density at radius 1 is 1.41 bits per heavy atom. The normalized spacial score (nSPS) is 17.2. The molecule has 17 heavy (non-hydrogen) atoms. The van der Waals surface area contributed by atoms with E-state index in [1.807, 2.05) is 18.2 Å². The van der Waals surface area contributed by atoms with Crippen molar-refractivity contribution in [3.05, 3.63) is 29.8 Å². The molecule has 0 aromatic heterocycles. The number of nitrogens with zero attached hydrogens (tertiary/aromatic N) is 1. The fourth-order valence-corrected chi connectivity index (χ4v) is 2.22. The Labute approximate surface area is 104 Å². The molecule has 0 heterocycles. The van der Waals surface area contributed by atoms with Crippen LogP contribution in [0, 0.1) is 5.92 Å². The highest BCUT2D eigenvalue weighted by molar-refractivity contribution is 5.33. The third-order valence-electron chi connectivity index (χ3n) is 3.38. The molecule has 1 saturated carbocycles. The van der Waals surface area contributed by atoms with Crippen molar-refractivity contribution < 1.29 is 4.74 Å². The van der Waals surface area contributed by atoms with Gasteiger partial charge in [-0.25, -0.2) is 0 Å². The van der Waals surface area contributed by atoms with Crippen LogP contribution >= 0.6 is 0 Å². The molecule has 0 spiro atoms. The van der Waals surface area contributed by atoms with Crippen LogP contribution in [0.3, 0.4) is 0 Å². The Morgan fingerprint density at radius 2 is 2.12 bits per heavy atom. The highest BCUT2D eigenvalue weighted by Gasteiger charge is 2.28. The van der Waals surface area contributed by atoms with Gasteiger partial charge in [0, 0.05) is 24.7 Å². The minimum Gasteiger partial charge on any atom is -0.496 e. The topological polar surface area (TPSA) is 38.5 Å². The molecule has 1 aromatic carbocycles. The van der Waals surface area contributed by atoms with Gasteiger partial charge in [0.05, 0.1) is 7.11 Å². The van der Waals surface area contributed by atoms with Gasteiger partial charge in [0.2, 0.25) is 0 Å². The van der Waals surface area contributed by atoms with Gasteiger partial charge in [-0.1, -0.05) is 18.2 Å². The van der Waals surface area contributed by atoms with Crippen LogP contribution in [-0.2, 0) is 6.54 Å². The summed E-state index contributed by atoms with van der Waals surface area (Å²) < 4.78 is 5.35. The average Bonchev–Trinajstić information content (AvgIpc) is 3.13. The largest absolute Gasteiger partial charge is 0.496 e. The van der Waals surface area contributed by atoms with Crippen LogP contribution in [0.25, 0.3) is 0 Å². The number of nitrogens with two attached hydrogens (primary N) is 1. The minimum absolute atomic E-state index is 0.328. The first kappa shape index (κ1) is 12.4. The van der Waals surface area contributed by atoms with Gasteiger partial charge in [-0.05, 0) is 31.9 Å². The van der Waals surface area contributed by atoms with Gasteiger partial charge in [-0.3, -0.25) is 0 Å². The van der Waals surface area contributed by atoms with Gasteiger partial charge >= 0.3 is 0 Å². The second kappa shape index (κ2) is 5.52. The van der Waals surface area contributed by atoms with E-state index in [2.05, 4.69) is 18.0 Å². The lowest BCUT2D eigenvalue weighted by atomic mass is 10.1. The molecule has 1 aromatic rings. The molecule has 1 aliphatic carbocycles. The van der Waals surface area contributed by atoms with Crippen molar-refractivity contribution in [2.45, 2.75) is 25.4 Å². The summed E-state index contributed by atoms with van der Waals surface area (Å²) in [4.78, 5) is 2.28. The summed E-state index contributed by atoms with van der Waals surface area (Å²) in [6.45, 7) is 1.85. The average molecular weight is 234 g/mol. The van der Waals surface area contributed by atoms with E-state index in [1.54, 1.807) is 7.11 Å². The predicted molar refractivity (Wildman–Crippen MR) is 70.0 cm³/mol. The van der Waals surface area contributed by atoms with Crippen molar-refractivity contribution in [2.24, 2.45) is 11.7 Å². The van der Waals surface area contributed by atoms with E-state index >= 15 is 0 Å². The SMILES string of the molecule is COc1ccccc1CN(C)CC(N)C1CC1. The second-order valence-electron chi connectivity index (χ2n) is 5.01. The van der Waals surface area contributed by atoms with Crippen LogP contribution < -0.4 is 10.5 Å². The van der Waals surface area contributed by atoms with Crippen molar-refractivity contribution in [2.75, 3.05) is 20.7 Å². The number of methoxy groups -OCH3 is 1. The molecule has 94 valence electrons. The third kappa shape index (κ3) is 3.45. The molecule has 1 atom stereocenters. The smallest absolute Gasteiger partial charge is 0.123 e. The van der Waals surface area contributed by atoms with E-state index < -0.39 is 0 Å². The maximum atomic E-state index is 6.13. The number of benzene rings is 1. The first-order valence-corrected chi connectivity index (χ1v) is 6.26. The Kier molecular flexibility index (Phi) is 4.02. The van der Waals surface area contributed by atoms with Crippen LogP contribution in [0.4, 0.5) is 0 Å². The lowest BCUT2D eigenvalue weighted by Crippen LogP contribution is -2.36. The molecule has 0 amide bonds. The van der Waals surface area contributed by atoms with Gasteiger partial charge < -0.3 is 15.4 Å². The Hall–Kier alpha value is -1.06. The number of hydrogen-bond donors (Lipinski definition) is 1. The summed E-state index contributed by atoms with van der Waals surface area (Å²) in [6, 6.07) is 8.49. The van der Waals surface area contributed by atoms with Crippen molar-refractivity contribution >= 4 is 0 Å². The minimum atomic E-state index is 0.328. The summed E-state index contributed by atoms with van der Waals surface area (Å²) in [5.41, 5.74) is 7.35. The molecule has 0 radical (unpaired) electrons. The number of para-hydroxylation sites is 1. The van der Waals surface area contributed by atoms with E-state index in [4.69, 9.17) is 10.5 Å². The van der Waals surface area contributed by atoms with Gasteiger partial charge in [-0.2, -0.15) is 0 Å². The fraction of sp³-hybridized carbons (Fsp3) is 0.571. The van der Waals surface area contributed by atoms with Crippen molar-refractivity contribution in [1.82, 2.24) is 4.90 Å². The van der Waals surface area contributed by atoms with E-state index in [0.717, 1.165) is 24.8 Å². The molecule has 3 heteroatoms. The fourth-order valence-electron chi connectivity index (χ4n) is 2.22. The molecular formula is C14H22N2O. The molecule has 0 aliphatic heterocycles. The molecule has 1 unspecified atom stereocenters. The van der Waals surface area contributed by atoms with Crippen LogP contribution in [0.5, 0.6) is 5.75 Å². The van der Waals surface area contributed by atoms with E-state index in [0.29, 0.717) is 6.04 Å². The first-order chi connectivity index (χ1) is 8.20. The molecule has 0 bridgehead atoms. The second-order valence-corrected chi connectivity index (χ2v) is 5.01. The summed E-state index contributed by atoms with van der Waals surface area (Å²) >= 11 is 0. The maximum Gasteiger partial charge on any atom is 0.123 e. The van der Waals surface area contributed by atoms with Crippen LogP contribution in [0.1, 0.15) is 18.4 Å². The van der Waals surface area contributed by atoms with Crippen molar-refractivity contribution in [1.29, 1.82) is 0 Å². The predicted octanol–water partition coefficient (Wildman–Crippen LogP) is 1.86. The molecular weight excluding hydrogens is 212 g/mol. The maximum absolute atomic E-state index is 6.13. The molecule has 2 N–H and O–H groups in total. The highest BCUT2D eigenvalue weighted by Crippen LogP contribution is 2.32. The van der Waals surface area contributed by atoms with E-state index in [-0.39, 0.29) is 0 Å². The Morgan fingerprint density at radius 3 is 2.76 bits per heavy atom. The van der Waals surface area contributed by atoms with Gasteiger partial charge in [0.25, 0.3) is 0 Å². The summed E-state index contributed by atoms with van der Waals surface area (Å²) in [5, 5.41) is 0. The van der Waals surface area contributed by atoms with Crippen LogP contribution in [-0.4, -0.2) is 31.6 Å². The monoisotopic (exact) mass is 234 g/mol. The molecule has 0 saturated heterocycles. The Balaban J connectivity index is 1.90. The van der Waals surface area contributed by atoms with Crippen LogP contribution in [0.15, 0.2) is 24.3 Å². The van der Waals surface area contributed by atoms with E-state index in [9.17, 15) is 0 Å². The number of hydrogen-bond acceptors (Lipinski definition) is 3. The van der Waals surface area contributed by atoms with Gasteiger partial charge in [0.1, 0.15) is 5.75 Å². The third-order valence-corrected chi connectivity index (χ3v) is 3.38. The van der Waals surface area contributed by atoms with E-state index in [1.165, 1.54) is 18.4 Å².